The topological polar surface area (TPSA) is 70.2 Å². The van der Waals surface area contributed by atoms with Gasteiger partial charge in [0.2, 0.25) is 0 Å². The highest BCUT2D eigenvalue weighted by molar-refractivity contribution is 6.32. The lowest BCUT2D eigenvalue weighted by Crippen LogP contribution is -2.39. The number of carbonyl (C=O) groups excluding carboxylic acids is 1. The van der Waals surface area contributed by atoms with Gasteiger partial charge >= 0.3 is 6.03 Å². The number of hydrogen-bond donors (Lipinski definition) is 2. The van der Waals surface area contributed by atoms with Gasteiger partial charge in [-0.3, -0.25) is 4.98 Å². The predicted octanol–water partition coefficient (Wildman–Crippen LogP) is 3.99. The van der Waals surface area contributed by atoms with Crippen molar-refractivity contribution in [2.75, 3.05) is 23.3 Å². The van der Waals surface area contributed by atoms with E-state index in [0.29, 0.717) is 11.6 Å². The number of benzene rings is 1. The Labute approximate surface area is 162 Å². The van der Waals surface area contributed by atoms with E-state index in [1.807, 2.05) is 43.3 Å². The fourth-order valence-electron chi connectivity index (χ4n) is 3.49. The fourth-order valence-corrected chi connectivity index (χ4v) is 3.73. The van der Waals surface area contributed by atoms with E-state index in [-0.39, 0.29) is 12.1 Å². The monoisotopic (exact) mass is 381 g/mol. The number of hydrogen-bond acceptors (Lipinski definition) is 4. The molecular formula is C20H20ClN5O. The molecule has 1 aromatic carbocycles. The number of nitrogens with one attached hydrogen (secondary N) is 2. The largest absolute Gasteiger partial charge is 0.353 e. The van der Waals surface area contributed by atoms with Crippen LogP contribution < -0.4 is 15.5 Å². The molecule has 0 spiro atoms. The number of fused-ring (bicyclic) bond motifs is 1. The van der Waals surface area contributed by atoms with E-state index in [2.05, 4.69) is 25.5 Å². The summed E-state index contributed by atoms with van der Waals surface area (Å²) in [6, 6.07) is 11.2. The number of carbonyl (C=O) groups is 1. The van der Waals surface area contributed by atoms with Crippen LogP contribution in [0.15, 0.2) is 48.8 Å². The van der Waals surface area contributed by atoms with Gasteiger partial charge in [-0.2, -0.15) is 0 Å². The molecule has 2 N–H and O–H groups in total. The van der Waals surface area contributed by atoms with E-state index in [0.717, 1.165) is 40.9 Å². The van der Waals surface area contributed by atoms with E-state index in [4.69, 9.17) is 11.6 Å². The van der Waals surface area contributed by atoms with Crippen LogP contribution in [0.4, 0.5) is 16.3 Å². The second-order valence-corrected chi connectivity index (χ2v) is 7.04. The normalized spacial score (nSPS) is 16.5. The molecule has 0 radical (unpaired) electrons. The van der Waals surface area contributed by atoms with Crippen LogP contribution in [0.25, 0.3) is 10.8 Å². The molecule has 27 heavy (non-hydrogen) atoms. The van der Waals surface area contributed by atoms with Crippen molar-refractivity contribution >= 4 is 39.9 Å². The molecule has 1 aliphatic heterocycles. The average molecular weight is 382 g/mol. The highest BCUT2D eigenvalue weighted by Crippen LogP contribution is 2.26. The first kappa shape index (κ1) is 17.5. The summed E-state index contributed by atoms with van der Waals surface area (Å²) < 4.78 is 0. The van der Waals surface area contributed by atoms with Crippen LogP contribution in [0.3, 0.4) is 0 Å². The first-order valence-corrected chi connectivity index (χ1v) is 9.27. The molecule has 1 aliphatic rings. The molecule has 0 bridgehead atoms. The Hall–Kier alpha value is -2.86. The second kappa shape index (κ2) is 7.40. The molecule has 1 atom stereocenters. The summed E-state index contributed by atoms with van der Waals surface area (Å²) in [7, 11) is 0. The Morgan fingerprint density at radius 2 is 2.04 bits per heavy atom. The third-order valence-corrected chi connectivity index (χ3v) is 5.11. The minimum absolute atomic E-state index is 0.0430. The number of halogens is 1. The lowest BCUT2D eigenvalue weighted by molar-refractivity contribution is 0.249. The van der Waals surface area contributed by atoms with Gasteiger partial charge in [-0.15, -0.1) is 0 Å². The first-order valence-electron chi connectivity index (χ1n) is 8.89. The Morgan fingerprint density at radius 1 is 1.15 bits per heavy atom. The molecule has 1 fully saturated rings. The molecule has 2 amide bonds. The molecule has 7 heteroatoms. The van der Waals surface area contributed by atoms with Gasteiger partial charge in [-0.25, -0.2) is 9.78 Å². The number of nitrogens with zero attached hydrogens (tertiary/aromatic N) is 3. The molecular weight excluding hydrogens is 362 g/mol. The van der Waals surface area contributed by atoms with Crippen molar-refractivity contribution in [3.63, 3.8) is 0 Å². The molecule has 1 unspecified atom stereocenters. The van der Waals surface area contributed by atoms with Crippen LogP contribution in [-0.4, -0.2) is 35.1 Å². The van der Waals surface area contributed by atoms with Crippen molar-refractivity contribution in [2.24, 2.45) is 0 Å². The molecule has 2 aromatic heterocycles. The van der Waals surface area contributed by atoms with E-state index in [1.165, 1.54) is 0 Å². The average Bonchev–Trinajstić information content (AvgIpc) is 3.11. The summed E-state index contributed by atoms with van der Waals surface area (Å²) >= 11 is 6.22. The maximum absolute atomic E-state index is 12.5. The zero-order valence-corrected chi connectivity index (χ0v) is 15.7. The highest BCUT2D eigenvalue weighted by atomic mass is 35.5. The summed E-state index contributed by atoms with van der Waals surface area (Å²) in [5.41, 5.74) is 1.72. The Morgan fingerprint density at radius 3 is 2.89 bits per heavy atom. The zero-order chi connectivity index (χ0) is 18.8. The number of rotatable bonds is 3. The first-order chi connectivity index (χ1) is 13.1. The standard InChI is InChI=1S/C20H20ClN5O/c1-13-15-4-2-6-18(16(15)7-10-22-13)25-20(27)24-14-8-11-26(12-14)19-17(21)5-3-9-23-19/h2-7,9-10,14H,8,11-12H2,1H3,(H2,24,25,27). The van der Waals surface area contributed by atoms with Crippen molar-refractivity contribution in [1.82, 2.24) is 15.3 Å². The minimum atomic E-state index is -0.212. The van der Waals surface area contributed by atoms with Crippen molar-refractivity contribution in [3.8, 4) is 0 Å². The van der Waals surface area contributed by atoms with Gasteiger partial charge in [0.25, 0.3) is 0 Å². The van der Waals surface area contributed by atoms with Gasteiger partial charge in [0, 0.05) is 48.0 Å². The third kappa shape index (κ3) is 3.66. The number of pyridine rings is 2. The van der Waals surface area contributed by atoms with Crippen molar-refractivity contribution in [1.29, 1.82) is 0 Å². The Kier molecular flexibility index (Phi) is 4.81. The fraction of sp³-hybridized carbons (Fsp3) is 0.250. The molecule has 138 valence electrons. The lowest BCUT2D eigenvalue weighted by atomic mass is 10.1. The van der Waals surface area contributed by atoms with Gasteiger partial charge in [0.1, 0.15) is 5.82 Å². The van der Waals surface area contributed by atoms with Gasteiger partial charge in [-0.1, -0.05) is 23.7 Å². The van der Waals surface area contributed by atoms with Crippen LogP contribution in [-0.2, 0) is 0 Å². The van der Waals surface area contributed by atoms with E-state index < -0.39 is 0 Å². The van der Waals surface area contributed by atoms with Gasteiger partial charge in [0.05, 0.1) is 10.7 Å². The number of anilines is 2. The maximum atomic E-state index is 12.5. The third-order valence-electron chi connectivity index (χ3n) is 4.82. The quantitative estimate of drug-likeness (QED) is 0.719. The van der Waals surface area contributed by atoms with Crippen molar-refractivity contribution < 1.29 is 4.79 Å². The summed E-state index contributed by atoms with van der Waals surface area (Å²) in [5, 5.41) is 8.66. The molecule has 4 rings (SSSR count). The smallest absolute Gasteiger partial charge is 0.319 e. The highest BCUT2D eigenvalue weighted by Gasteiger charge is 2.26. The number of urea groups is 1. The molecule has 0 saturated carbocycles. The van der Waals surface area contributed by atoms with Gasteiger partial charge in [-0.05, 0) is 37.6 Å². The van der Waals surface area contributed by atoms with Crippen LogP contribution in [0.2, 0.25) is 5.02 Å². The minimum Gasteiger partial charge on any atom is -0.353 e. The van der Waals surface area contributed by atoms with Gasteiger partial charge in [0.15, 0.2) is 0 Å². The van der Waals surface area contributed by atoms with Crippen LogP contribution in [0, 0.1) is 6.92 Å². The predicted molar refractivity (Wildman–Crippen MR) is 108 cm³/mol. The van der Waals surface area contributed by atoms with Crippen LogP contribution in [0.1, 0.15) is 12.1 Å². The number of aryl methyl sites for hydroxylation is 1. The summed E-state index contributed by atoms with van der Waals surface area (Å²) in [6.07, 6.45) is 4.33. The summed E-state index contributed by atoms with van der Waals surface area (Å²) in [6.45, 7) is 3.45. The molecule has 6 nitrogen and oxygen atoms in total. The maximum Gasteiger partial charge on any atom is 0.319 e. The Bertz CT molecular complexity index is 993. The van der Waals surface area contributed by atoms with Crippen LogP contribution >= 0.6 is 11.6 Å². The van der Waals surface area contributed by atoms with Crippen molar-refractivity contribution in [2.45, 2.75) is 19.4 Å². The van der Waals surface area contributed by atoms with E-state index in [1.54, 1.807) is 12.4 Å². The number of aromatic nitrogens is 2. The molecule has 3 heterocycles. The van der Waals surface area contributed by atoms with E-state index in [9.17, 15) is 4.79 Å². The lowest BCUT2D eigenvalue weighted by Gasteiger charge is -2.19. The summed E-state index contributed by atoms with van der Waals surface area (Å²) in [4.78, 5) is 23.3. The second-order valence-electron chi connectivity index (χ2n) is 6.64. The van der Waals surface area contributed by atoms with Crippen molar-refractivity contribution in [3.05, 3.63) is 59.5 Å². The SMILES string of the molecule is Cc1nccc2c(NC(=O)NC3CCN(c4ncccc4Cl)C3)cccc12. The van der Waals surface area contributed by atoms with Gasteiger partial charge < -0.3 is 15.5 Å². The molecule has 0 aliphatic carbocycles. The summed E-state index contributed by atoms with van der Waals surface area (Å²) in [5.74, 6) is 0.765. The van der Waals surface area contributed by atoms with Crippen LogP contribution in [0.5, 0.6) is 0 Å². The number of amides is 2. The molecule has 1 saturated heterocycles. The van der Waals surface area contributed by atoms with E-state index >= 15 is 0 Å². The zero-order valence-electron chi connectivity index (χ0n) is 14.9. The Balaban J connectivity index is 1.42. The molecule has 3 aromatic rings.